The first-order valence-corrected chi connectivity index (χ1v) is 20.3. The lowest BCUT2D eigenvalue weighted by atomic mass is 10.00. The molecule has 1 heterocycles. The van der Waals surface area contributed by atoms with Gasteiger partial charge in [0.05, 0.1) is 0 Å². The summed E-state index contributed by atoms with van der Waals surface area (Å²) in [6, 6.07) is 23.6. The van der Waals surface area contributed by atoms with Gasteiger partial charge in [-0.05, 0) is 75.5 Å². The van der Waals surface area contributed by atoms with Crippen LogP contribution in [0, 0.1) is 5.92 Å². The second-order valence-electron chi connectivity index (χ2n) is 16.1. The summed E-state index contributed by atoms with van der Waals surface area (Å²) in [7, 11) is 0. The Balaban J connectivity index is 1.45. The number of carbonyl (C=O) groups excluding carboxylic acids is 6. The molecule has 14 nitrogen and oxygen atoms in total. The summed E-state index contributed by atoms with van der Waals surface area (Å²) < 4.78 is 16.3. The summed E-state index contributed by atoms with van der Waals surface area (Å²) in [5, 5.41) is 11.0. The normalized spacial score (nSPS) is 15.3. The van der Waals surface area contributed by atoms with Crippen molar-refractivity contribution in [2.75, 3.05) is 13.1 Å². The van der Waals surface area contributed by atoms with Crippen molar-refractivity contribution < 1.29 is 43.0 Å². The number of hydrogen-bond acceptors (Lipinski definition) is 9. The summed E-state index contributed by atoms with van der Waals surface area (Å²) in [5.74, 6) is -2.25. The summed E-state index contributed by atoms with van der Waals surface area (Å²) in [4.78, 5) is 82.4. The minimum absolute atomic E-state index is 0.0555. The predicted octanol–water partition coefficient (Wildman–Crippen LogP) is 5.58. The van der Waals surface area contributed by atoms with Crippen LogP contribution in [0.2, 0.25) is 0 Å². The summed E-state index contributed by atoms with van der Waals surface area (Å²) >= 11 is 0. The highest BCUT2D eigenvalue weighted by molar-refractivity contribution is 5.95. The van der Waals surface area contributed by atoms with Crippen molar-refractivity contribution in [1.82, 2.24) is 26.2 Å². The number of alkyl carbamates (subject to hydrolysis) is 2. The average Bonchev–Trinajstić information content (AvgIpc) is 3.70. The van der Waals surface area contributed by atoms with Crippen LogP contribution in [0.4, 0.5) is 9.59 Å². The molecule has 4 rings (SSSR count). The molecule has 0 unspecified atom stereocenters. The van der Waals surface area contributed by atoms with Crippen LogP contribution in [0.1, 0.15) is 83.4 Å². The Labute approximate surface area is 347 Å². The first-order chi connectivity index (χ1) is 28.2. The molecule has 1 saturated heterocycles. The third kappa shape index (κ3) is 16.1. The molecule has 1 aliphatic heterocycles. The van der Waals surface area contributed by atoms with Gasteiger partial charge in [0.1, 0.15) is 43.0 Å². The molecule has 0 aliphatic carbocycles. The number of amides is 5. The van der Waals surface area contributed by atoms with Gasteiger partial charge in [-0.1, -0.05) is 105 Å². The van der Waals surface area contributed by atoms with Gasteiger partial charge in [-0.2, -0.15) is 0 Å². The molecule has 318 valence electrons. The first-order valence-electron chi connectivity index (χ1n) is 20.3. The number of hydrogen-bond donors (Lipinski definition) is 4. The maximum atomic E-state index is 14.3. The number of benzene rings is 3. The van der Waals surface area contributed by atoms with E-state index in [0.717, 1.165) is 16.7 Å². The molecule has 3 aromatic rings. The van der Waals surface area contributed by atoms with Gasteiger partial charge in [-0.3, -0.25) is 14.4 Å². The molecule has 4 N–H and O–H groups in total. The lowest BCUT2D eigenvalue weighted by Gasteiger charge is -2.30. The quantitative estimate of drug-likeness (QED) is 0.0683. The lowest BCUT2D eigenvalue weighted by molar-refractivity contribution is -0.155. The largest absolute Gasteiger partial charge is 0.459 e. The molecular formula is C45H59N5O9. The number of rotatable bonds is 19. The van der Waals surface area contributed by atoms with Crippen molar-refractivity contribution in [2.24, 2.45) is 5.92 Å². The fourth-order valence-corrected chi connectivity index (χ4v) is 6.59. The van der Waals surface area contributed by atoms with Crippen molar-refractivity contribution in [3.05, 3.63) is 108 Å². The highest BCUT2D eigenvalue weighted by Gasteiger charge is 2.39. The van der Waals surface area contributed by atoms with Gasteiger partial charge < -0.3 is 40.4 Å². The van der Waals surface area contributed by atoms with Gasteiger partial charge in [-0.25, -0.2) is 14.4 Å². The molecule has 4 atom stereocenters. The van der Waals surface area contributed by atoms with Crippen LogP contribution in [0.5, 0.6) is 0 Å². The Morgan fingerprint density at radius 2 is 1.24 bits per heavy atom. The molecule has 5 amide bonds. The van der Waals surface area contributed by atoms with Gasteiger partial charge in [0.2, 0.25) is 17.7 Å². The smallest absolute Gasteiger partial charge is 0.408 e. The van der Waals surface area contributed by atoms with Gasteiger partial charge in [0.15, 0.2) is 0 Å². The van der Waals surface area contributed by atoms with Crippen LogP contribution < -0.4 is 21.3 Å². The fourth-order valence-electron chi connectivity index (χ4n) is 6.59. The van der Waals surface area contributed by atoms with Crippen molar-refractivity contribution in [3.63, 3.8) is 0 Å². The SMILES string of the molecule is CC(C)C[C@H](NC(=O)[C@H](CCCNC(=O)OCc1ccccc1)NC(=O)OC(C)(C)C)C(=O)N[C@H](Cc1ccccc1)C(=O)N1CCC[C@H]1C(=O)OCc1ccccc1. The zero-order valence-corrected chi connectivity index (χ0v) is 34.7. The number of esters is 1. The highest BCUT2D eigenvalue weighted by atomic mass is 16.6. The van der Waals surface area contributed by atoms with E-state index < -0.39 is 65.6 Å². The number of ether oxygens (including phenoxy) is 3. The number of nitrogens with one attached hydrogen (secondary N) is 4. The third-order valence-electron chi connectivity index (χ3n) is 9.43. The van der Waals surface area contributed by atoms with Crippen LogP contribution in [-0.4, -0.2) is 83.6 Å². The standard InChI is InChI=1S/C45H59N5O9/c1-31(2)27-36(47-39(51)35(49-44(56)59-45(3,4)5)23-15-25-46-43(55)58-30-34-21-13-8-14-22-34)40(52)48-37(28-32-17-9-6-10-18-32)41(53)50-26-16-24-38(50)42(54)57-29-33-19-11-7-12-20-33/h6-14,17-22,31,35-38H,15-16,23-30H2,1-5H3,(H,46,55)(H,47,51)(H,48,52)(H,49,56)/t35-,36-,37+,38-/m0/s1. The first kappa shape index (κ1) is 45.8. The van der Waals surface area contributed by atoms with E-state index in [-0.39, 0.29) is 51.4 Å². The van der Waals surface area contributed by atoms with E-state index in [1.54, 1.807) is 20.8 Å². The van der Waals surface area contributed by atoms with E-state index in [9.17, 15) is 28.8 Å². The van der Waals surface area contributed by atoms with E-state index in [0.29, 0.717) is 19.4 Å². The Morgan fingerprint density at radius 3 is 1.81 bits per heavy atom. The topological polar surface area (TPSA) is 181 Å². The zero-order chi connectivity index (χ0) is 42.8. The zero-order valence-electron chi connectivity index (χ0n) is 34.7. The molecule has 0 spiro atoms. The van der Waals surface area contributed by atoms with Gasteiger partial charge in [-0.15, -0.1) is 0 Å². The Kier molecular flexibility index (Phi) is 17.7. The molecular weight excluding hydrogens is 755 g/mol. The molecule has 1 fully saturated rings. The minimum atomic E-state index is -1.14. The van der Waals surface area contributed by atoms with Crippen LogP contribution >= 0.6 is 0 Å². The Hall–Kier alpha value is -5.92. The average molecular weight is 814 g/mol. The molecule has 0 saturated carbocycles. The minimum Gasteiger partial charge on any atom is -0.459 e. The van der Waals surface area contributed by atoms with E-state index in [4.69, 9.17) is 14.2 Å². The maximum Gasteiger partial charge on any atom is 0.408 e. The third-order valence-corrected chi connectivity index (χ3v) is 9.43. The molecule has 59 heavy (non-hydrogen) atoms. The van der Waals surface area contributed by atoms with Gasteiger partial charge in [0, 0.05) is 19.5 Å². The maximum absolute atomic E-state index is 14.3. The van der Waals surface area contributed by atoms with Crippen molar-refractivity contribution >= 4 is 35.9 Å². The molecule has 14 heteroatoms. The molecule has 1 aliphatic rings. The van der Waals surface area contributed by atoms with Gasteiger partial charge >= 0.3 is 18.2 Å². The van der Waals surface area contributed by atoms with Gasteiger partial charge in [0.25, 0.3) is 0 Å². The van der Waals surface area contributed by atoms with Crippen LogP contribution in [0.15, 0.2) is 91.0 Å². The predicted molar refractivity (Wildman–Crippen MR) is 221 cm³/mol. The fraction of sp³-hybridized carbons (Fsp3) is 0.467. The highest BCUT2D eigenvalue weighted by Crippen LogP contribution is 2.22. The molecule has 0 aromatic heterocycles. The van der Waals surface area contributed by atoms with E-state index >= 15 is 0 Å². The van der Waals surface area contributed by atoms with Crippen LogP contribution in [-0.2, 0) is 53.0 Å². The lowest BCUT2D eigenvalue weighted by Crippen LogP contribution is -2.58. The van der Waals surface area contributed by atoms with Crippen LogP contribution in [0.3, 0.4) is 0 Å². The van der Waals surface area contributed by atoms with E-state index in [1.165, 1.54) is 4.90 Å². The summed E-state index contributed by atoms with van der Waals surface area (Å²) in [6.45, 7) is 9.50. The number of likely N-dealkylation sites (tertiary alicyclic amines) is 1. The van der Waals surface area contributed by atoms with E-state index in [2.05, 4.69) is 21.3 Å². The number of carbonyl (C=O) groups is 6. The van der Waals surface area contributed by atoms with E-state index in [1.807, 2.05) is 105 Å². The van der Waals surface area contributed by atoms with Crippen molar-refractivity contribution in [3.8, 4) is 0 Å². The Morgan fingerprint density at radius 1 is 0.695 bits per heavy atom. The molecule has 0 radical (unpaired) electrons. The van der Waals surface area contributed by atoms with Crippen molar-refractivity contribution in [2.45, 2.75) is 116 Å². The van der Waals surface area contributed by atoms with Crippen molar-refractivity contribution in [1.29, 1.82) is 0 Å². The summed E-state index contributed by atoms with van der Waals surface area (Å²) in [5.41, 5.74) is 1.60. The number of nitrogens with zero attached hydrogens (tertiary/aromatic N) is 1. The monoisotopic (exact) mass is 813 g/mol. The molecule has 0 bridgehead atoms. The summed E-state index contributed by atoms with van der Waals surface area (Å²) in [6.07, 6.45) is 0.273. The second-order valence-corrected chi connectivity index (χ2v) is 16.1. The molecule has 3 aromatic carbocycles. The van der Waals surface area contributed by atoms with Crippen LogP contribution in [0.25, 0.3) is 0 Å². The second kappa shape index (κ2) is 22.9. The Bertz CT molecular complexity index is 1820.